The molecule has 0 aliphatic rings. The molecule has 0 atom stereocenters. The molecule has 5 heteroatoms. The Morgan fingerprint density at radius 3 is 1.45 bits per heavy atom. The van der Waals surface area contributed by atoms with Gasteiger partial charge in [-0.3, -0.25) is 0 Å². The van der Waals surface area contributed by atoms with Gasteiger partial charge < -0.3 is 19.8 Å². The Hall–Kier alpha value is -0.0600. The summed E-state index contributed by atoms with van der Waals surface area (Å²) >= 11 is 0. The molecule has 0 rings (SSSR count). The van der Waals surface area contributed by atoms with Gasteiger partial charge in [0, 0.05) is 11.9 Å². The molecular weight excluding hydrogens is 159 g/mol. The Morgan fingerprint density at radius 2 is 1.27 bits per heavy atom. The van der Waals surface area contributed by atoms with Crippen LogP contribution in [-0.4, -0.2) is 11.9 Å². The Morgan fingerprint density at radius 1 is 1.00 bits per heavy atom. The predicted octanol–water partition coefficient (Wildman–Crippen LogP) is -4.84. The first-order valence-corrected chi connectivity index (χ1v) is 3.02. The summed E-state index contributed by atoms with van der Waals surface area (Å²) in [7, 11) is 0. The van der Waals surface area contributed by atoms with Gasteiger partial charge in [-0.25, -0.2) is 0 Å². The van der Waals surface area contributed by atoms with E-state index in [0.29, 0.717) is 12.8 Å². The Bertz CT molecular complexity index is 124. The molecular formula is C6H9NaO4. The van der Waals surface area contributed by atoms with Crippen LogP contribution in [0.5, 0.6) is 0 Å². The second-order valence-electron chi connectivity index (χ2n) is 1.95. The van der Waals surface area contributed by atoms with Crippen LogP contribution in [0.3, 0.4) is 0 Å². The van der Waals surface area contributed by atoms with Gasteiger partial charge in [0.05, 0.1) is 0 Å². The number of carboxylic acids is 2. The molecule has 0 unspecified atom stereocenters. The summed E-state index contributed by atoms with van der Waals surface area (Å²) in [6, 6.07) is 0. The van der Waals surface area contributed by atoms with Crippen molar-refractivity contribution >= 4 is 11.9 Å². The third-order valence-corrected chi connectivity index (χ3v) is 1.01. The molecule has 0 bridgehead atoms. The van der Waals surface area contributed by atoms with Gasteiger partial charge in [-0.2, -0.15) is 0 Å². The van der Waals surface area contributed by atoms with Gasteiger partial charge in [-0.1, -0.05) is 0 Å². The molecule has 0 N–H and O–H groups in total. The van der Waals surface area contributed by atoms with Crippen LogP contribution in [0.25, 0.3) is 0 Å². The minimum Gasteiger partial charge on any atom is -0.550 e. The number of aliphatic carboxylic acids is 2. The fraction of sp³-hybridized carbons (Fsp3) is 0.667. The van der Waals surface area contributed by atoms with Crippen LogP contribution in [0.4, 0.5) is 0 Å². The maximum absolute atomic E-state index is 9.77. The summed E-state index contributed by atoms with van der Waals surface area (Å²) < 4.78 is 0. The molecule has 0 aromatic heterocycles. The monoisotopic (exact) mass is 168 g/mol. The van der Waals surface area contributed by atoms with Gasteiger partial charge in [0.15, 0.2) is 0 Å². The molecule has 0 radical (unpaired) electrons. The molecule has 4 nitrogen and oxygen atoms in total. The zero-order valence-electron chi connectivity index (χ0n) is 7.46. The first kappa shape index (κ1) is 13.5. The molecule has 0 heterocycles. The zero-order chi connectivity index (χ0) is 7.98. The van der Waals surface area contributed by atoms with Gasteiger partial charge in [0.1, 0.15) is 0 Å². The fourth-order valence-electron chi connectivity index (χ4n) is 0.539. The normalized spacial score (nSPS) is 8.36. The van der Waals surface area contributed by atoms with E-state index in [9.17, 15) is 19.8 Å². The van der Waals surface area contributed by atoms with Crippen LogP contribution in [0.2, 0.25) is 0 Å². The number of rotatable bonds is 5. The van der Waals surface area contributed by atoms with E-state index in [4.69, 9.17) is 0 Å². The topological polar surface area (TPSA) is 80.3 Å². The first-order valence-electron chi connectivity index (χ1n) is 3.02. The van der Waals surface area contributed by atoms with Crippen molar-refractivity contribution in [1.82, 2.24) is 0 Å². The maximum atomic E-state index is 9.77. The van der Waals surface area contributed by atoms with Crippen molar-refractivity contribution in [1.29, 1.82) is 0 Å². The number of hydrogen-bond acceptors (Lipinski definition) is 4. The molecule has 0 fully saturated rings. The van der Waals surface area contributed by atoms with E-state index < -0.39 is 11.9 Å². The van der Waals surface area contributed by atoms with Crippen LogP contribution < -0.4 is 39.8 Å². The minimum absolute atomic E-state index is 0. The van der Waals surface area contributed by atoms with Gasteiger partial charge in [0.2, 0.25) is 0 Å². The SMILES string of the molecule is O=C([O-])CCCCC(=O)[O-].[H+].[Na+]. The third-order valence-electron chi connectivity index (χ3n) is 1.01. The number of carbonyl (C=O) groups is 2. The smallest absolute Gasteiger partial charge is 0.550 e. The standard InChI is InChI=1S/C6H10O4.Na/c7-5(8)3-1-2-4-6(9)10;/h1-4H2,(H,7,8)(H,9,10);/q;+1/p-1. The van der Waals surface area contributed by atoms with Crippen molar-refractivity contribution in [2.45, 2.75) is 25.7 Å². The van der Waals surface area contributed by atoms with Crippen molar-refractivity contribution in [3.63, 3.8) is 0 Å². The predicted molar refractivity (Wildman–Crippen MR) is 29.6 cm³/mol. The average molecular weight is 168 g/mol. The fourth-order valence-corrected chi connectivity index (χ4v) is 0.539. The third kappa shape index (κ3) is 13.0. The average Bonchev–Trinajstić information content (AvgIpc) is 1.79. The van der Waals surface area contributed by atoms with Crippen molar-refractivity contribution in [2.75, 3.05) is 0 Å². The van der Waals surface area contributed by atoms with E-state index in [-0.39, 0.29) is 43.8 Å². The van der Waals surface area contributed by atoms with Crippen LogP contribution >= 0.6 is 0 Å². The molecule has 0 aromatic carbocycles. The van der Waals surface area contributed by atoms with Gasteiger partial charge >= 0.3 is 31.0 Å². The van der Waals surface area contributed by atoms with Crippen molar-refractivity contribution < 1.29 is 50.8 Å². The van der Waals surface area contributed by atoms with E-state index in [1.54, 1.807) is 0 Å². The molecule has 58 valence electrons. The Labute approximate surface area is 88.4 Å². The molecule has 0 aliphatic heterocycles. The second kappa shape index (κ2) is 8.04. The summed E-state index contributed by atoms with van der Waals surface area (Å²) in [5.74, 6) is -2.28. The van der Waals surface area contributed by atoms with Gasteiger partial charge in [-0.15, -0.1) is 0 Å². The molecule has 11 heavy (non-hydrogen) atoms. The van der Waals surface area contributed by atoms with Crippen LogP contribution in [0.15, 0.2) is 0 Å². The van der Waals surface area contributed by atoms with Crippen molar-refractivity contribution in [3.05, 3.63) is 0 Å². The van der Waals surface area contributed by atoms with E-state index in [1.165, 1.54) is 0 Å². The number of hydrogen-bond donors (Lipinski definition) is 0. The molecule has 0 amide bonds. The number of carbonyl (C=O) groups excluding carboxylic acids is 2. The maximum Gasteiger partial charge on any atom is 1.00 e. The Kier molecular flexibility index (Phi) is 9.89. The molecule has 0 aliphatic carbocycles. The number of carboxylic acid groups (broad SMARTS) is 2. The van der Waals surface area contributed by atoms with Gasteiger partial charge in [0.25, 0.3) is 0 Å². The second-order valence-corrected chi connectivity index (χ2v) is 1.95. The summed E-state index contributed by atoms with van der Waals surface area (Å²) in [6.07, 6.45) is 0.535. The van der Waals surface area contributed by atoms with E-state index in [2.05, 4.69) is 0 Å². The largest absolute Gasteiger partial charge is 1.00 e. The van der Waals surface area contributed by atoms with Crippen LogP contribution in [0.1, 0.15) is 27.1 Å². The van der Waals surface area contributed by atoms with E-state index in [1.807, 2.05) is 0 Å². The molecule has 0 saturated carbocycles. The molecule has 0 aromatic rings. The van der Waals surface area contributed by atoms with Gasteiger partial charge in [-0.05, 0) is 25.7 Å². The van der Waals surface area contributed by atoms with Crippen molar-refractivity contribution in [2.24, 2.45) is 0 Å². The summed E-state index contributed by atoms with van der Waals surface area (Å²) in [5, 5.41) is 19.5. The molecule has 0 spiro atoms. The summed E-state index contributed by atoms with van der Waals surface area (Å²) in [5.41, 5.74) is 0. The zero-order valence-corrected chi connectivity index (χ0v) is 8.46. The van der Waals surface area contributed by atoms with Crippen LogP contribution in [0, 0.1) is 0 Å². The van der Waals surface area contributed by atoms with Crippen LogP contribution in [-0.2, 0) is 9.59 Å². The summed E-state index contributed by atoms with van der Waals surface area (Å²) in [6.45, 7) is 0. The number of unbranched alkanes of at least 4 members (excludes halogenated alkanes) is 1. The van der Waals surface area contributed by atoms with E-state index in [0.717, 1.165) is 0 Å². The molecule has 0 saturated heterocycles. The first-order chi connectivity index (χ1) is 4.63. The minimum atomic E-state index is -1.14. The Balaban J connectivity index is -0.000000405. The quantitative estimate of drug-likeness (QED) is 0.304. The summed E-state index contributed by atoms with van der Waals surface area (Å²) in [4.78, 5) is 19.5. The van der Waals surface area contributed by atoms with E-state index >= 15 is 0 Å². The van der Waals surface area contributed by atoms with Crippen molar-refractivity contribution in [3.8, 4) is 0 Å².